The highest BCUT2D eigenvalue weighted by Gasteiger charge is 2.49. The Kier molecular flexibility index (Phi) is 5.66. The van der Waals surface area contributed by atoms with Gasteiger partial charge in [0, 0.05) is 5.41 Å². The van der Waals surface area contributed by atoms with E-state index in [-0.39, 0.29) is 5.41 Å². The molecule has 0 aromatic heterocycles. The lowest BCUT2D eigenvalue weighted by atomic mass is 9.62. The molecule has 19 heavy (non-hydrogen) atoms. The zero-order valence-corrected chi connectivity index (χ0v) is 13.1. The Hall–Kier alpha value is -0.760. The van der Waals surface area contributed by atoms with E-state index in [0.29, 0.717) is 13.2 Å². The molecule has 2 nitrogen and oxygen atoms in total. The molecular weight excluding hydrogens is 236 g/mol. The van der Waals surface area contributed by atoms with Crippen molar-refractivity contribution in [3.05, 3.63) is 25.0 Å². The van der Waals surface area contributed by atoms with Crippen molar-refractivity contribution in [2.24, 2.45) is 11.3 Å². The molecule has 0 aromatic carbocycles. The molecule has 1 rings (SSSR count). The van der Waals surface area contributed by atoms with Crippen LogP contribution in [0.25, 0.3) is 0 Å². The van der Waals surface area contributed by atoms with Gasteiger partial charge in [0.2, 0.25) is 0 Å². The SMILES string of the molecule is C=CCOC(C)(C(=C)OCC)C1(C)CCC(C)CC1. The molecule has 0 aliphatic heterocycles. The zero-order chi connectivity index (χ0) is 14.5. The van der Waals surface area contributed by atoms with E-state index in [1.54, 1.807) is 6.08 Å². The van der Waals surface area contributed by atoms with E-state index in [9.17, 15) is 0 Å². The Morgan fingerprint density at radius 2 is 2.00 bits per heavy atom. The van der Waals surface area contributed by atoms with E-state index in [2.05, 4.69) is 33.9 Å². The Bertz CT molecular complexity index is 313. The van der Waals surface area contributed by atoms with Gasteiger partial charge in [-0.1, -0.05) is 39.3 Å². The van der Waals surface area contributed by atoms with Gasteiger partial charge in [-0.25, -0.2) is 0 Å². The molecule has 0 bridgehead atoms. The minimum atomic E-state index is -0.433. The van der Waals surface area contributed by atoms with Crippen molar-refractivity contribution in [2.45, 2.75) is 59.0 Å². The quantitative estimate of drug-likeness (QED) is 0.490. The summed E-state index contributed by atoms with van der Waals surface area (Å²) in [4.78, 5) is 0. The fourth-order valence-corrected chi connectivity index (χ4v) is 3.01. The van der Waals surface area contributed by atoms with Gasteiger partial charge in [0.15, 0.2) is 0 Å². The van der Waals surface area contributed by atoms with Gasteiger partial charge in [-0.05, 0) is 32.6 Å². The standard InChI is InChI=1S/C17H30O2/c1-7-13-19-17(6,15(4)18-8-2)16(5)11-9-14(3)10-12-16/h7,14H,1,4,8-13H2,2-3,5-6H3. The molecule has 0 aromatic rings. The first-order chi connectivity index (χ1) is 8.89. The predicted molar refractivity (Wildman–Crippen MR) is 81.1 cm³/mol. The Balaban J connectivity index is 2.94. The van der Waals surface area contributed by atoms with Crippen LogP contribution in [0, 0.1) is 11.3 Å². The highest BCUT2D eigenvalue weighted by atomic mass is 16.5. The third kappa shape index (κ3) is 3.42. The molecule has 1 unspecified atom stereocenters. The van der Waals surface area contributed by atoms with E-state index in [0.717, 1.165) is 24.5 Å². The summed E-state index contributed by atoms with van der Waals surface area (Å²) in [6.07, 6.45) is 6.62. The summed E-state index contributed by atoms with van der Waals surface area (Å²) in [5.74, 6) is 1.57. The number of ether oxygens (including phenoxy) is 2. The van der Waals surface area contributed by atoms with Gasteiger partial charge < -0.3 is 9.47 Å². The minimum absolute atomic E-state index is 0.0920. The van der Waals surface area contributed by atoms with E-state index in [4.69, 9.17) is 9.47 Å². The molecule has 1 fully saturated rings. The van der Waals surface area contributed by atoms with Crippen LogP contribution in [0.1, 0.15) is 53.4 Å². The molecule has 1 saturated carbocycles. The van der Waals surface area contributed by atoms with Crippen molar-refractivity contribution in [2.75, 3.05) is 13.2 Å². The highest BCUT2D eigenvalue weighted by molar-refractivity contribution is 5.14. The molecule has 110 valence electrons. The van der Waals surface area contributed by atoms with Crippen molar-refractivity contribution in [1.29, 1.82) is 0 Å². The lowest BCUT2D eigenvalue weighted by molar-refractivity contribution is -0.127. The summed E-state index contributed by atoms with van der Waals surface area (Å²) in [7, 11) is 0. The summed E-state index contributed by atoms with van der Waals surface area (Å²) >= 11 is 0. The number of hydrogen-bond acceptors (Lipinski definition) is 2. The van der Waals surface area contributed by atoms with E-state index >= 15 is 0 Å². The lowest BCUT2D eigenvalue weighted by Gasteiger charge is -2.49. The molecule has 2 heteroatoms. The maximum atomic E-state index is 6.13. The van der Waals surface area contributed by atoms with Crippen LogP contribution < -0.4 is 0 Å². The van der Waals surface area contributed by atoms with Crippen molar-refractivity contribution >= 4 is 0 Å². The summed E-state index contributed by atoms with van der Waals surface area (Å²) in [6.45, 7) is 17.8. The second-order valence-electron chi connectivity index (χ2n) is 6.23. The maximum Gasteiger partial charge on any atom is 0.127 e. The zero-order valence-electron chi connectivity index (χ0n) is 13.1. The largest absolute Gasteiger partial charge is 0.496 e. The Morgan fingerprint density at radius 1 is 1.42 bits per heavy atom. The van der Waals surface area contributed by atoms with Gasteiger partial charge in [0.05, 0.1) is 13.2 Å². The normalized spacial score (nSPS) is 30.4. The van der Waals surface area contributed by atoms with Gasteiger partial charge >= 0.3 is 0 Å². The molecule has 1 aliphatic rings. The average Bonchev–Trinajstić information content (AvgIpc) is 2.39. The topological polar surface area (TPSA) is 18.5 Å². The van der Waals surface area contributed by atoms with E-state index in [1.807, 2.05) is 6.92 Å². The second-order valence-corrected chi connectivity index (χ2v) is 6.23. The average molecular weight is 266 g/mol. The monoisotopic (exact) mass is 266 g/mol. The van der Waals surface area contributed by atoms with Crippen LogP contribution in [0.4, 0.5) is 0 Å². The van der Waals surface area contributed by atoms with Crippen molar-refractivity contribution in [1.82, 2.24) is 0 Å². The lowest BCUT2D eigenvalue weighted by Crippen LogP contribution is -2.50. The minimum Gasteiger partial charge on any atom is -0.496 e. The van der Waals surface area contributed by atoms with Gasteiger partial charge in [-0.2, -0.15) is 0 Å². The van der Waals surface area contributed by atoms with Crippen molar-refractivity contribution < 1.29 is 9.47 Å². The van der Waals surface area contributed by atoms with Gasteiger partial charge in [-0.3, -0.25) is 0 Å². The van der Waals surface area contributed by atoms with Crippen LogP contribution in [-0.2, 0) is 9.47 Å². The first kappa shape index (κ1) is 16.3. The molecule has 0 spiro atoms. The van der Waals surface area contributed by atoms with E-state index < -0.39 is 5.60 Å². The molecular formula is C17H30O2. The van der Waals surface area contributed by atoms with Gasteiger partial charge in [-0.15, -0.1) is 6.58 Å². The molecule has 0 amide bonds. The first-order valence-electron chi connectivity index (χ1n) is 7.46. The fraction of sp³-hybridized carbons (Fsp3) is 0.765. The van der Waals surface area contributed by atoms with Crippen LogP contribution >= 0.6 is 0 Å². The van der Waals surface area contributed by atoms with Crippen molar-refractivity contribution in [3.63, 3.8) is 0 Å². The predicted octanol–water partition coefficient (Wildman–Crippen LogP) is 4.71. The van der Waals surface area contributed by atoms with Crippen LogP contribution in [-0.4, -0.2) is 18.8 Å². The molecule has 1 atom stereocenters. The number of rotatable bonds is 7. The highest BCUT2D eigenvalue weighted by Crippen LogP contribution is 2.50. The maximum absolute atomic E-state index is 6.13. The summed E-state index contributed by atoms with van der Waals surface area (Å²) in [5.41, 5.74) is -0.341. The Labute approximate surface area is 118 Å². The van der Waals surface area contributed by atoms with Crippen LogP contribution in [0.15, 0.2) is 25.0 Å². The van der Waals surface area contributed by atoms with Crippen molar-refractivity contribution in [3.8, 4) is 0 Å². The summed E-state index contributed by atoms with van der Waals surface area (Å²) in [5, 5.41) is 0. The second kappa shape index (κ2) is 6.60. The molecule has 1 aliphatic carbocycles. The summed E-state index contributed by atoms with van der Waals surface area (Å²) < 4.78 is 11.8. The Morgan fingerprint density at radius 3 is 2.47 bits per heavy atom. The first-order valence-corrected chi connectivity index (χ1v) is 7.46. The molecule has 0 heterocycles. The summed E-state index contributed by atoms with van der Waals surface area (Å²) in [6, 6.07) is 0. The molecule has 0 saturated heterocycles. The third-order valence-electron chi connectivity index (χ3n) is 4.87. The van der Waals surface area contributed by atoms with Crippen LogP contribution in [0.2, 0.25) is 0 Å². The molecule has 0 radical (unpaired) electrons. The van der Waals surface area contributed by atoms with E-state index in [1.165, 1.54) is 12.8 Å². The molecule has 0 N–H and O–H groups in total. The third-order valence-corrected chi connectivity index (χ3v) is 4.87. The van der Waals surface area contributed by atoms with Crippen LogP contribution in [0.3, 0.4) is 0 Å². The van der Waals surface area contributed by atoms with Gasteiger partial charge in [0.1, 0.15) is 11.4 Å². The smallest absolute Gasteiger partial charge is 0.127 e. The van der Waals surface area contributed by atoms with Gasteiger partial charge in [0.25, 0.3) is 0 Å². The number of hydrogen-bond donors (Lipinski definition) is 0. The fourth-order valence-electron chi connectivity index (χ4n) is 3.01. The van der Waals surface area contributed by atoms with Crippen LogP contribution in [0.5, 0.6) is 0 Å².